The van der Waals surface area contributed by atoms with E-state index in [4.69, 9.17) is 28.0 Å². The van der Waals surface area contributed by atoms with Gasteiger partial charge in [-0.15, -0.1) is 0 Å². The summed E-state index contributed by atoms with van der Waals surface area (Å²) in [6, 6.07) is -5.27. The van der Waals surface area contributed by atoms with Crippen LogP contribution in [0.1, 0.15) is 32.6 Å². The molecule has 0 aromatic heterocycles. The molecule has 0 radical (unpaired) electrons. The SMILES string of the molecule is CC(O)C(NC(=O)C(N)CCCN=C(N)N)C(=O)NC(CCC(N)=O)C(=O)NC(CS)C(=O)O. The van der Waals surface area contributed by atoms with Crippen molar-refractivity contribution >= 4 is 48.2 Å². The number of amides is 4. The van der Waals surface area contributed by atoms with Crippen molar-refractivity contribution in [3.05, 3.63) is 0 Å². The lowest BCUT2D eigenvalue weighted by Gasteiger charge is -2.26. The Hall–Kier alpha value is -3.11. The van der Waals surface area contributed by atoms with E-state index < -0.39 is 59.9 Å². The minimum absolute atomic E-state index is 0.108. The molecule has 194 valence electrons. The fourth-order valence-electron chi connectivity index (χ4n) is 2.59. The van der Waals surface area contributed by atoms with Gasteiger partial charge in [0.05, 0.1) is 12.1 Å². The summed E-state index contributed by atoms with van der Waals surface area (Å²) in [4.78, 5) is 63.6. The molecular formula is C18H34N8O7S. The molecule has 0 aromatic carbocycles. The fourth-order valence-corrected chi connectivity index (χ4v) is 2.84. The molecule has 0 bridgehead atoms. The van der Waals surface area contributed by atoms with Gasteiger partial charge in [-0.2, -0.15) is 12.6 Å². The fraction of sp³-hybridized carbons (Fsp3) is 0.667. The highest BCUT2D eigenvalue weighted by atomic mass is 32.1. The van der Waals surface area contributed by atoms with E-state index >= 15 is 0 Å². The number of carbonyl (C=O) groups excluding carboxylic acids is 4. The molecule has 0 rings (SSSR count). The number of nitrogens with zero attached hydrogens (tertiary/aromatic N) is 1. The van der Waals surface area contributed by atoms with Crippen molar-refractivity contribution in [2.24, 2.45) is 27.9 Å². The molecule has 0 aromatic rings. The molecular weight excluding hydrogens is 472 g/mol. The molecule has 0 aliphatic heterocycles. The quantitative estimate of drug-likeness (QED) is 0.0414. The first-order valence-corrected chi connectivity index (χ1v) is 11.0. The number of nitrogens with two attached hydrogens (primary N) is 4. The van der Waals surface area contributed by atoms with E-state index in [1.807, 2.05) is 0 Å². The lowest BCUT2D eigenvalue weighted by molar-refractivity contribution is -0.142. The van der Waals surface area contributed by atoms with Crippen molar-refractivity contribution in [1.29, 1.82) is 0 Å². The maximum absolute atomic E-state index is 12.7. The second-order valence-electron chi connectivity index (χ2n) is 7.43. The average Bonchev–Trinajstić information content (AvgIpc) is 2.74. The zero-order valence-electron chi connectivity index (χ0n) is 18.8. The highest BCUT2D eigenvalue weighted by Crippen LogP contribution is 2.04. The van der Waals surface area contributed by atoms with Crippen molar-refractivity contribution in [1.82, 2.24) is 16.0 Å². The van der Waals surface area contributed by atoms with Crippen LogP contribution in [0, 0.1) is 0 Å². The number of carbonyl (C=O) groups is 5. The lowest BCUT2D eigenvalue weighted by atomic mass is 10.1. The van der Waals surface area contributed by atoms with E-state index in [0.29, 0.717) is 6.42 Å². The van der Waals surface area contributed by atoms with E-state index in [9.17, 15) is 29.1 Å². The third-order valence-electron chi connectivity index (χ3n) is 4.48. The second-order valence-corrected chi connectivity index (χ2v) is 7.80. The van der Waals surface area contributed by atoms with E-state index in [0.717, 1.165) is 0 Å². The van der Waals surface area contributed by atoms with E-state index in [1.54, 1.807) is 0 Å². The molecule has 0 aliphatic carbocycles. The zero-order chi connectivity index (χ0) is 26.4. The summed E-state index contributed by atoms with van der Waals surface area (Å²) in [5.41, 5.74) is 21.3. The number of thiol groups is 1. The molecule has 15 nitrogen and oxygen atoms in total. The van der Waals surface area contributed by atoms with Crippen LogP contribution in [0.2, 0.25) is 0 Å². The summed E-state index contributed by atoms with van der Waals surface area (Å²) in [7, 11) is 0. The van der Waals surface area contributed by atoms with Gasteiger partial charge in [-0.1, -0.05) is 0 Å². The van der Waals surface area contributed by atoms with Gasteiger partial charge in [-0.05, 0) is 26.2 Å². The molecule has 0 heterocycles. The number of carboxylic acid groups (broad SMARTS) is 1. The molecule has 0 aliphatic rings. The first-order chi connectivity index (χ1) is 15.8. The molecule has 34 heavy (non-hydrogen) atoms. The first-order valence-electron chi connectivity index (χ1n) is 10.3. The topological polar surface area (TPSA) is 278 Å². The predicted molar refractivity (Wildman–Crippen MR) is 125 cm³/mol. The molecule has 0 spiro atoms. The maximum Gasteiger partial charge on any atom is 0.327 e. The first kappa shape index (κ1) is 30.9. The van der Waals surface area contributed by atoms with Crippen LogP contribution in [-0.4, -0.2) is 88.3 Å². The number of aliphatic carboxylic acids is 1. The van der Waals surface area contributed by atoms with Gasteiger partial charge < -0.3 is 49.1 Å². The number of rotatable bonds is 16. The molecule has 0 fully saturated rings. The highest BCUT2D eigenvalue weighted by molar-refractivity contribution is 7.80. The summed E-state index contributed by atoms with van der Waals surface area (Å²) in [6.45, 7) is 1.47. The third-order valence-corrected chi connectivity index (χ3v) is 4.84. The van der Waals surface area contributed by atoms with Gasteiger partial charge in [0.15, 0.2) is 5.96 Å². The van der Waals surface area contributed by atoms with Gasteiger partial charge in [-0.3, -0.25) is 24.2 Å². The Morgan fingerprint density at radius 2 is 1.53 bits per heavy atom. The van der Waals surface area contributed by atoms with Crippen molar-refractivity contribution in [2.75, 3.05) is 12.3 Å². The van der Waals surface area contributed by atoms with Crippen molar-refractivity contribution < 1.29 is 34.2 Å². The summed E-state index contributed by atoms with van der Waals surface area (Å²) >= 11 is 3.84. The summed E-state index contributed by atoms with van der Waals surface area (Å²) in [5.74, 6) is -5.07. The number of primary amides is 1. The van der Waals surface area contributed by atoms with Gasteiger partial charge in [0.1, 0.15) is 18.1 Å². The largest absolute Gasteiger partial charge is 0.480 e. The Balaban J connectivity index is 5.28. The van der Waals surface area contributed by atoms with E-state index in [-0.39, 0.29) is 37.5 Å². The van der Waals surface area contributed by atoms with Gasteiger partial charge in [0, 0.05) is 18.7 Å². The van der Waals surface area contributed by atoms with Crippen LogP contribution in [-0.2, 0) is 24.0 Å². The number of hydrogen-bond acceptors (Lipinski definition) is 9. The van der Waals surface area contributed by atoms with Crippen LogP contribution >= 0.6 is 12.6 Å². The summed E-state index contributed by atoms with van der Waals surface area (Å²) in [5, 5.41) is 25.9. The number of aliphatic hydroxyl groups is 1. The standard InChI is InChI=1S/C18H34N8O7S/c1-8(27)13(26-14(29)9(19)3-2-6-23-18(21)22)16(31)24-10(4-5-12(20)28)15(30)25-11(7-34)17(32)33/h8-11,13,27,34H,2-7,19H2,1H3,(H2,20,28)(H,24,31)(H,25,30)(H,26,29)(H,32,33)(H4,21,22,23). The van der Waals surface area contributed by atoms with Crippen molar-refractivity contribution in [2.45, 2.75) is 62.9 Å². The summed E-state index contributed by atoms with van der Waals surface area (Å²) in [6.07, 6.45) is -1.38. The smallest absolute Gasteiger partial charge is 0.327 e. The number of aliphatic hydroxyl groups excluding tert-OH is 1. The zero-order valence-corrected chi connectivity index (χ0v) is 19.7. The minimum atomic E-state index is -1.50. The number of guanidine groups is 1. The number of carboxylic acids is 1. The molecule has 5 unspecified atom stereocenters. The van der Waals surface area contributed by atoms with Gasteiger partial charge in [-0.25, -0.2) is 4.79 Å². The van der Waals surface area contributed by atoms with Crippen LogP contribution in [0.25, 0.3) is 0 Å². The molecule has 0 saturated carbocycles. The minimum Gasteiger partial charge on any atom is -0.480 e. The predicted octanol–water partition coefficient (Wildman–Crippen LogP) is -4.52. The van der Waals surface area contributed by atoms with Gasteiger partial charge in [0.2, 0.25) is 23.6 Å². The Bertz CT molecular complexity index is 761. The summed E-state index contributed by atoms with van der Waals surface area (Å²) < 4.78 is 0. The van der Waals surface area contributed by atoms with E-state index in [1.165, 1.54) is 6.92 Å². The third kappa shape index (κ3) is 12.2. The molecule has 0 saturated heterocycles. The van der Waals surface area contributed by atoms with Crippen LogP contribution in [0.15, 0.2) is 4.99 Å². The number of hydrogen-bond donors (Lipinski definition) is 10. The van der Waals surface area contributed by atoms with Gasteiger partial charge >= 0.3 is 5.97 Å². The number of nitrogens with one attached hydrogen (secondary N) is 3. The molecule has 4 amide bonds. The van der Waals surface area contributed by atoms with Crippen LogP contribution in [0.4, 0.5) is 0 Å². The van der Waals surface area contributed by atoms with E-state index in [2.05, 4.69) is 33.6 Å². The Kier molecular flexibility index (Phi) is 14.2. The maximum atomic E-state index is 12.7. The molecule has 5 atom stereocenters. The highest BCUT2D eigenvalue weighted by Gasteiger charge is 2.32. The number of aliphatic imine (C=N–C) groups is 1. The molecule has 13 N–H and O–H groups in total. The average molecular weight is 507 g/mol. The second kappa shape index (κ2) is 15.7. The molecule has 16 heteroatoms. The van der Waals surface area contributed by atoms with Crippen LogP contribution in [0.3, 0.4) is 0 Å². The normalized spacial score (nSPS) is 15.1. The Morgan fingerprint density at radius 3 is 2.00 bits per heavy atom. The van der Waals surface area contributed by atoms with Crippen LogP contribution < -0.4 is 38.9 Å². The monoisotopic (exact) mass is 506 g/mol. The van der Waals surface area contributed by atoms with Crippen molar-refractivity contribution in [3.63, 3.8) is 0 Å². The van der Waals surface area contributed by atoms with Crippen LogP contribution in [0.5, 0.6) is 0 Å². The van der Waals surface area contributed by atoms with Gasteiger partial charge in [0.25, 0.3) is 0 Å². The lowest BCUT2D eigenvalue weighted by Crippen LogP contribution is -2.60. The van der Waals surface area contributed by atoms with Crippen molar-refractivity contribution in [3.8, 4) is 0 Å². The Morgan fingerprint density at radius 1 is 0.941 bits per heavy atom. The Labute approximate surface area is 201 Å².